The highest BCUT2D eigenvalue weighted by atomic mass is 16.2. The summed E-state index contributed by atoms with van der Waals surface area (Å²) in [5.41, 5.74) is 1.89. The van der Waals surface area contributed by atoms with Gasteiger partial charge in [0.2, 0.25) is 11.8 Å². The van der Waals surface area contributed by atoms with Crippen LogP contribution < -0.4 is 10.2 Å². The standard InChI is InChI=1S/C24H31N3O2/c1-18(2)20-12-8-9-13-21(20)25-22(28)24(3,4)23(29)27-16-14-26(15-17-27)19-10-6-5-7-11-19/h5-13,18H,14-17H2,1-4H3,(H,25,28). The van der Waals surface area contributed by atoms with Gasteiger partial charge in [0.05, 0.1) is 0 Å². The molecule has 0 spiro atoms. The first-order chi connectivity index (χ1) is 13.8. The first-order valence-electron chi connectivity index (χ1n) is 10.3. The van der Waals surface area contributed by atoms with Crippen molar-refractivity contribution in [3.63, 3.8) is 0 Å². The van der Waals surface area contributed by atoms with Crippen molar-refractivity contribution < 1.29 is 9.59 Å². The van der Waals surface area contributed by atoms with Crippen LogP contribution >= 0.6 is 0 Å². The third kappa shape index (κ3) is 4.61. The van der Waals surface area contributed by atoms with Gasteiger partial charge in [-0.05, 0) is 43.5 Å². The Morgan fingerprint density at radius 3 is 2.10 bits per heavy atom. The number of nitrogens with one attached hydrogen (secondary N) is 1. The van der Waals surface area contributed by atoms with Crippen LogP contribution in [0.15, 0.2) is 54.6 Å². The molecular formula is C24H31N3O2. The zero-order valence-electron chi connectivity index (χ0n) is 17.8. The van der Waals surface area contributed by atoms with Crippen LogP contribution in [0.5, 0.6) is 0 Å². The maximum absolute atomic E-state index is 13.2. The molecule has 1 N–H and O–H groups in total. The molecule has 3 rings (SSSR count). The number of carbonyl (C=O) groups is 2. The van der Waals surface area contributed by atoms with E-state index in [1.807, 2.05) is 47.4 Å². The average molecular weight is 394 g/mol. The van der Waals surface area contributed by atoms with Crippen LogP contribution in [0, 0.1) is 5.41 Å². The van der Waals surface area contributed by atoms with Crippen molar-refractivity contribution in [2.75, 3.05) is 36.4 Å². The highest BCUT2D eigenvalue weighted by molar-refractivity contribution is 6.10. The zero-order chi connectivity index (χ0) is 21.0. The third-order valence-electron chi connectivity index (χ3n) is 5.62. The molecule has 0 bridgehead atoms. The summed E-state index contributed by atoms with van der Waals surface area (Å²) in [7, 11) is 0. The van der Waals surface area contributed by atoms with Crippen molar-refractivity contribution in [2.24, 2.45) is 5.41 Å². The second-order valence-electron chi connectivity index (χ2n) is 8.44. The number of nitrogens with zero attached hydrogens (tertiary/aromatic N) is 2. The molecule has 1 aliphatic heterocycles. The lowest BCUT2D eigenvalue weighted by Gasteiger charge is -2.39. The number of piperazine rings is 1. The minimum absolute atomic E-state index is 0.121. The van der Waals surface area contributed by atoms with E-state index in [9.17, 15) is 9.59 Å². The molecule has 0 saturated carbocycles. The van der Waals surface area contributed by atoms with Crippen LogP contribution in [-0.2, 0) is 9.59 Å². The summed E-state index contributed by atoms with van der Waals surface area (Å²) in [5.74, 6) is -0.0952. The van der Waals surface area contributed by atoms with Gasteiger partial charge in [0.15, 0.2) is 0 Å². The van der Waals surface area contributed by atoms with E-state index in [-0.39, 0.29) is 17.7 Å². The van der Waals surface area contributed by atoms with E-state index in [0.29, 0.717) is 13.1 Å². The van der Waals surface area contributed by atoms with Gasteiger partial charge in [0.25, 0.3) is 0 Å². The van der Waals surface area contributed by atoms with Gasteiger partial charge in [0, 0.05) is 37.6 Å². The molecule has 1 aliphatic rings. The van der Waals surface area contributed by atoms with Crippen LogP contribution in [0.25, 0.3) is 0 Å². The Morgan fingerprint density at radius 2 is 1.48 bits per heavy atom. The van der Waals surface area contributed by atoms with Gasteiger partial charge in [-0.3, -0.25) is 9.59 Å². The topological polar surface area (TPSA) is 52.7 Å². The minimum Gasteiger partial charge on any atom is -0.368 e. The fraction of sp³-hybridized carbons (Fsp3) is 0.417. The molecule has 154 valence electrons. The third-order valence-corrected chi connectivity index (χ3v) is 5.62. The molecule has 2 aromatic carbocycles. The van der Waals surface area contributed by atoms with Crippen molar-refractivity contribution in [2.45, 2.75) is 33.6 Å². The molecular weight excluding hydrogens is 362 g/mol. The molecule has 2 amide bonds. The van der Waals surface area contributed by atoms with Crippen molar-refractivity contribution in [3.8, 4) is 0 Å². The second kappa shape index (κ2) is 8.68. The van der Waals surface area contributed by atoms with E-state index < -0.39 is 5.41 Å². The van der Waals surface area contributed by atoms with Crippen LogP contribution in [0.1, 0.15) is 39.2 Å². The SMILES string of the molecule is CC(C)c1ccccc1NC(=O)C(C)(C)C(=O)N1CCN(c2ccccc2)CC1. The molecule has 29 heavy (non-hydrogen) atoms. The van der Waals surface area contributed by atoms with E-state index in [2.05, 4.69) is 36.2 Å². The Kier molecular flexibility index (Phi) is 6.26. The Balaban J connectivity index is 1.65. The molecule has 5 heteroatoms. The Bertz CT molecular complexity index is 853. The molecule has 0 unspecified atom stereocenters. The number of rotatable bonds is 5. The summed E-state index contributed by atoms with van der Waals surface area (Å²) in [4.78, 5) is 30.3. The molecule has 0 aromatic heterocycles. The monoisotopic (exact) mass is 393 g/mol. The molecule has 0 aliphatic carbocycles. The molecule has 2 aromatic rings. The summed E-state index contributed by atoms with van der Waals surface area (Å²) in [6, 6.07) is 18.0. The van der Waals surface area contributed by atoms with Gasteiger partial charge < -0.3 is 15.1 Å². The quantitative estimate of drug-likeness (QED) is 0.778. The summed E-state index contributed by atoms with van der Waals surface area (Å²) in [6.45, 7) is 10.4. The van der Waals surface area contributed by atoms with Gasteiger partial charge in [0.1, 0.15) is 5.41 Å². The van der Waals surface area contributed by atoms with Gasteiger partial charge >= 0.3 is 0 Å². The Hall–Kier alpha value is -2.82. The largest absolute Gasteiger partial charge is 0.368 e. The van der Waals surface area contributed by atoms with E-state index in [1.165, 1.54) is 5.69 Å². The number of para-hydroxylation sites is 2. The average Bonchev–Trinajstić information content (AvgIpc) is 2.74. The lowest BCUT2D eigenvalue weighted by molar-refractivity contribution is -0.146. The lowest BCUT2D eigenvalue weighted by Crippen LogP contribution is -2.54. The predicted octanol–water partition coefficient (Wildman–Crippen LogP) is 4.12. The van der Waals surface area contributed by atoms with Crippen LogP contribution in [0.3, 0.4) is 0 Å². The summed E-state index contributed by atoms with van der Waals surface area (Å²) in [6.07, 6.45) is 0. The number of carbonyl (C=O) groups excluding carboxylic acids is 2. The van der Waals surface area contributed by atoms with Crippen molar-refractivity contribution >= 4 is 23.2 Å². The molecule has 0 atom stereocenters. The number of hydrogen-bond donors (Lipinski definition) is 1. The van der Waals surface area contributed by atoms with E-state index in [1.54, 1.807) is 13.8 Å². The number of hydrogen-bond acceptors (Lipinski definition) is 3. The van der Waals surface area contributed by atoms with E-state index in [4.69, 9.17) is 0 Å². The Morgan fingerprint density at radius 1 is 0.897 bits per heavy atom. The van der Waals surface area contributed by atoms with Crippen molar-refractivity contribution in [3.05, 3.63) is 60.2 Å². The zero-order valence-corrected chi connectivity index (χ0v) is 17.8. The van der Waals surface area contributed by atoms with E-state index in [0.717, 1.165) is 24.3 Å². The summed E-state index contributed by atoms with van der Waals surface area (Å²) >= 11 is 0. The molecule has 5 nitrogen and oxygen atoms in total. The van der Waals surface area contributed by atoms with Gasteiger partial charge in [-0.15, -0.1) is 0 Å². The molecule has 1 heterocycles. The minimum atomic E-state index is -1.13. The Labute approximate surface area is 173 Å². The van der Waals surface area contributed by atoms with Crippen molar-refractivity contribution in [1.82, 2.24) is 4.90 Å². The maximum Gasteiger partial charge on any atom is 0.239 e. The first kappa shape index (κ1) is 20.9. The highest BCUT2D eigenvalue weighted by Gasteiger charge is 2.40. The maximum atomic E-state index is 13.2. The van der Waals surface area contributed by atoms with Crippen LogP contribution in [0.2, 0.25) is 0 Å². The summed E-state index contributed by atoms with van der Waals surface area (Å²) < 4.78 is 0. The predicted molar refractivity (Wildman–Crippen MR) is 118 cm³/mol. The number of benzene rings is 2. The van der Waals surface area contributed by atoms with Crippen LogP contribution in [-0.4, -0.2) is 42.9 Å². The van der Waals surface area contributed by atoms with Gasteiger partial charge in [-0.1, -0.05) is 50.2 Å². The smallest absolute Gasteiger partial charge is 0.239 e. The van der Waals surface area contributed by atoms with Crippen molar-refractivity contribution in [1.29, 1.82) is 0 Å². The second-order valence-corrected chi connectivity index (χ2v) is 8.44. The highest BCUT2D eigenvalue weighted by Crippen LogP contribution is 2.28. The molecule has 0 radical (unpaired) electrons. The normalized spacial score (nSPS) is 14.8. The first-order valence-corrected chi connectivity index (χ1v) is 10.3. The van der Waals surface area contributed by atoms with Crippen LogP contribution in [0.4, 0.5) is 11.4 Å². The number of anilines is 2. The van der Waals surface area contributed by atoms with E-state index >= 15 is 0 Å². The fourth-order valence-electron chi connectivity index (χ4n) is 3.69. The van der Waals surface area contributed by atoms with Gasteiger partial charge in [-0.2, -0.15) is 0 Å². The summed E-state index contributed by atoms with van der Waals surface area (Å²) in [5, 5.41) is 2.99. The lowest BCUT2D eigenvalue weighted by atomic mass is 9.89. The molecule has 1 saturated heterocycles. The van der Waals surface area contributed by atoms with Gasteiger partial charge in [-0.25, -0.2) is 0 Å². The fourth-order valence-corrected chi connectivity index (χ4v) is 3.69. The molecule has 1 fully saturated rings. The number of amides is 2.